The van der Waals surface area contributed by atoms with E-state index in [1.54, 1.807) is 21.0 Å². The molecular weight excluding hydrogens is 447 g/mol. The summed E-state index contributed by atoms with van der Waals surface area (Å²) in [5.74, 6) is 0.178. The summed E-state index contributed by atoms with van der Waals surface area (Å²) in [7, 11) is -2.47. The lowest BCUT2D eigenvalue weighted by atomic mass is 10.1. The van der Waals surface area contributed by atoms with Crippen LogP contribution in [-0.2, 0) is 36.2 Å². The zero-order chi connectivity index (χ0) is 24.1. The van der Waals surface area contributed by atoms with Gasteiger partial charge in [0.1, 0.15) is 6.61 Å². The number of benzene rings is 2. The predicted molar refractivity (Wildman–Crippen MR) is 123 cm³/mol. The highest BCUT2D eigenvalue weighted by atomic mass is 31.2. The first-order chi connectivity index (χ1) is 16.0. The van der Waals surface area contributed by atoms with Crippen LogP contribution in [0.4, 0.5) is 0 Å². The molecule has 0 N–H and O–H groups in total. The second-order valence-corrected chi connectivity index (χ2v) is 8.69. The van der Waals surface area contributed by atoms with Crippen molar-refractivity contribution in [2.24, 2.45) is 0 Å². The van der Waals surface area contributed by atoms with Gasteiger partial charge in [0.2, 0.25) is 0 Å². The topological polar surface area (TPSA) is 117 Å². The molecule has 2 aromatic carbocycles. The van der Waals surface area contributed by atoms with E-state index in [9.17, 15) is 9.36 Å². The SMILES string of the molecule is CCOP(=O)(OCC)C(=[N+]=[N-])C(=O)OCCCc1ccc(OC)c(OCc2ccccc2)c1. The van der Waals surface area contributed by atoms with Crippen LogP contribution < -0.4 is 9.47 Å². The molecule has 0 bridgehead atoms. The molecule has 0 saturated carbocycles. The van der Waals surface area contributed by atoms with E-state index in [-0.39, 0.29) is 19.8 Å². The van der Waals surface area contributed by atoms with Gasteiger partial charge in [-0.3, -0.25) is 0 Å². The molecule has 0 heterocycles. The highest BCUT2D eigenvalue weighted by molar-refractivity contribution is 7.74. The molecule has 0 spiro atoms. The van der Waals surface area contributed by atoms with E-state index in [0.717, 1.165) is 11.1 Å². The van der Waals surface area contributed by atoms with E-state index in [4.69, 9.17) is 28.8 Å². The fourth-order valence-corrected chi connectivity index (χ4v) is 4.33. The molecule has 0 aliphatic rings. The van der Waals surface area contributed by atoms with E-state index in [2.05, 4.69) is 4.79 Å². The molecule has 0 aliphatic carbocycles. The molecule has 0 saturated heterocycles. The van der Waals surface area contributed by atoms with Gasteiger partial charge in [0.05, 0.1) is 26.9 Å². The second kappa shape index (κ2) is 13.6. The molecule has 10 heteroatoms. The number of esters is 1. The van der Waals surface area contributed by atoms with Crippen LogP contribution in [0, 0.1) is 0 Å². The Kier molecular flexibility index (Phi) is 10.8. The Bertz CT molecular complexity index is 997. The quantitative estimate of drug-likeness (QED) is 0.0973. The van der Waals surface area contributed by atoms with Gasteiger partial charge in [-0.25, -0.2) is 9.36 Å². The van der Waals surface area contributed by atoms with E-state index in [0.29, 0.717) is 30.9 Å². The Morgan fingerprint density at radius 2 is 1.70 bits per heavy atom. The smallest absolute Gasteiger partial charge is 0.484 e. The first kappa shape index (κ1) is 26.3. The largest absolute Gasteiger partial charge is 0.493 e. The minimum absolute atomic E-state index is 0.00965. The third kappa shape index (κ3) is 7.84. The Balaban J connectivity index is 1.93. The highest BCUT2D eigenvalue weighted by Gasteiger charge is 2.47. The lowest BCUT2D eigenvalue weighted by Gasteiger charge is -2.13. The Morgan fingerprint density at radius 1 is 1.00 bits per heavy atom. The summed E-state index contributed by atoms with van der Waals surface area (Å²) in [4.78, 5) is 15.1. The maximum atomic E-state index is 12.6. The molecule has 33 heavy (non-hydrogen) atoms. The van der Waals surface area contributed by atoms with Gasteiger partial charge in [-0.05, 0) is 49.9 Å². The Labute approximate surface area is 193 Å². The van der Waals surface area contributed by atoms with Gasteiger partial charge in [0, 0.05) is 0 Å². The Hall–Kier alpha value is -2.96. The first-order valence-corrected chi connectivity index (χ1v) is 12.1. The van der Waals surface area contributed by atoms with Crippen molar-refractivity contribution in [3.63, 3.8) is 0 Å². The average Bonchev–Trinajstić information content (AvgIpc) is 2.82. The van der Waals surface area contributed by atoms with Gasteiger partial charge in [0.25, 0.3) is 0 Å². The van der Waals surface area contributed by atoms with Crippen LogP contribution in [0.3, 0.4) is 0 Å². The summed E-state index contributed by atoms with van der Waals surface area (Å²) < 4.78 is 39.1. The average molecular weight is 476 g/mol. The molecule has 0 unspecified atom stereocenters. The maximum absolute atomic E-state index is 12.6. The second-order valence-electron chi connectivity index (χ2n) is 6.76. The number of rotatable bonds is 14. The molecule has 0 amide bonds. The summed E-state index contributed by atoms with van der Waals surface area (Å²) in [6, 6.07) is 15.4. The van der Waals surface area contributed by atoms with E-state index < -0.39 is 19.0 Å². The standard InChI is InChI=1S/C23H29N2O7P/c1-4-31-33(27,32-5-2)22(25-24)23(26)29-15-9-12-18-13-14-20(28-3)21(16-18)30-17-19-10-7-6-8-11-19/h6-8,10-11,13-14,16H,4-5,9,12,15,17H2,1-3H3. The predicted octanol–water partition coefficient (Wildman–Crippen LogP) is 4.64. The van der Waals surface area contributed by atoms with Crippen LogP contribution in [0.5, 0.6) is 11.5 Å². The lowest BCUT2D eigenvalue weighted by Crippen LogP contribution is -2.22. The van der Waals surface area contributed by atoms with Crippen LogP contribution in [0.25, 0.3) is 5.53 Å². The number of ether oxygens (including phenoxy) is 3. The molecule has 9 nitrogen and oxygen atoms in total. The number of carbonyl (C=O) groups excluding carboxylic acids is 1. The number of hydrogen-bond acceptors (Lipinski definition) is 7. The summed E-state index contributed by atoms with van der Waals surface area (Å²) in [6.07, 6.45) is 1.06. The fraction of sp³-hybridized carbons (Fsp3) is 0.391. The Morgan fingerprint density at radius 3 is 2.30 bits per heavy atom. The summed E-state index contributed by atoms with van der Waals surface area (Å²) in [5, 5.41) is 0. The van der Waals surface area contributed by atoms with Crippen LogP contribution in [0.15, 0.2) is 48.5 Å². The number of nitrogens with zero attached hydrogens (tertiary/aromatic N) is 2. The zero-order valence-corrected chi connectivity index (χ0v) is 20.0. The van der Waals surface area contributed by atoms with Gasteiger partial charge in [-0.1, -0.05) is 36.4 Å². The fourth-order valence-electron chi connectivity index (χ4n) is 2.94. The number of aryl methyl sites for hydroxylation is 1. The van der Waals surface area contributed by atoms with Crippen molar-refractivity contribution in [2.75, 3.05) is 26.9 Å². The van der Waals surface area contributed by atoms with Gasteiger partial charge in [-0.15, -0.1) is 4.79 Å². The maximum Gasteiger partial charge on any atom is 0.484 e. The monoisotopic (exact) mass is 476 g/mol. The zero-order valence-electron chi connectivity index (χ0n) is 19.1. The van der Waals surface area contributed by atoms with Crippen molar-refractivity contribution in [1.29, 1.82) is 0 Å². The summed E-state index contributed by atoms with van der Waals surface area (Å²) in [5.41, 5.74) is 10.4. The van der Waals surface area contributed by atoms with Crippen molar-refractivity contribution in [2.45, 2.75) is 33.3 Å². The molecule has 2 rings (SSSR count). The van der Waals surface area contributed by atoms with Crippen LogP contribution >= 0.6 is 7.60 Å². The van der Waals surface area contributed by atoms with E-state index in [1.807, 2.05) is 48.5 Å². The van der Waals surface area contributed by atoms with Crippen molar-refractivity contribution in [3.05, 3.63) is 65.2 Å². The summed E-state index contributed by atoms with van der Waals surface area (Å²) in [6.45, 7) is 3.60. The van der Waals surface area contributed by atoms with Crippen molar-refractivity contribution in [3.8, 4) is 11.5 Å². The van der Waals surface area contributed by atoms with Crippen molar-refractivity contribution >= 4 is 19.0 Å². The number of methoxy groups -OCH3 is 1. The molecule has 0 aromatic heterocycles. The van der Waals surface area contributed by atoms with Gasteiger partial charge >= 0.3 is 19.0 Å². The summed E-state index contributed by atoms with van der Waals surface area (Å²) >= 11 is 0. The molecule has 0 fully saturated rings. The molecule has 0 radical (unpaired) electrons. The normalized spacial score (nSPS) is 10.9. The minimum Gasteiger partial charge on any atom is -0.493 e. The van der Waals surface area contributed by atoms with Crippen LogP contribution in [-0.4, -0.2) is 43.1 Å². The third-order valence-electron chi connectivity index (χ3n) is 4.44. The van der Waals surface area contributed by atoms with Crippen molar-refractivity contribution < 1.29 is 37.4 Å². The lowest BCUT2D eigenvalue weighted by molar-refractivity contribution is -0.139. The first-order valence-electron chi connectivity index (χ1n) is 10.6. The third-order valence-corrected chi connectivity index (χ3v) is 6.43. The van der Waals surface area contributed by atoms with Crippen LogP contribution in [0.2, 0.25) is 0 Å². The van der Waals surface area contributed by atoms with Crippen molar-refractivity contribution in [1.82, 2.24) is 0 Å². The molecule has 0 atom stereocenters. The van der Waals surface area contributed by atoms with Gasteiger partial charge in [-0.2, -0.15) is 0 Å². The molecule has 2 aromatic rings. The molecule has 0 aliphatic heterocycles. The van der Waals surface area contributed by atoms with Crippen LogP contribution in [0.1, 0.15) is 31.4 Å². The number of carbonyl (C=O) groups is 1. The van der Waals surface area contributed by atoms with E-state index >= 15 is 0 Å². The highest BCUT2D eigenvalue weighted by Crippen LogP contribution is 2.49. The van der Waals surface area contributed by atoms with Gasteiger partial charge in [0.15, 0.2) is 11.5 Å². The molecular formula is C23H29N2O7P. The minimum atomic E-state index is -4.05. The molecule has 178 valence electrons. The number of hydrogen-bond donors (Lipinski definition) is 0. The van der Waals surface area contributed by atoms with E-state index in [1.165, 1.54) is 0 Å². The van der Waals surface area contributed by atoms with Gasteiger partial charge < -0.3 is 28.8 Å².